The van der Waals surface area contributed by atoms with Gasteiger partial charge in [0, 0.05) is 27.3 Å². The average Bonchev–Trinajstić information content (AvgIpc) is 2.59. The van der Waals surface area contributed by atoms with Crippen molar-refractivity contribution in [1.29, 1.82) is 0 Å². The van der Waals surface area contributed by atoms with Gasteiger partial charge in [0.1, 0.15) is 12.7 Å². The molecule has 2 aliphatic heterocycles. The monoisotopic (exact) mass is 248 g/mol. The van der Waals surface area contributed by atoms with E-state index in [1.165, 1.54) is 12.7 Å². The number of azo groups is 2. The minimum atomic E-state index is 0. The van der Waals surface area contributed by atoms with Crippen LogP contribution in [0.2, 0.25) is 0 Å². The summed E-state index contributed by atoms with van der Waals surface area (Å²) in [7, 11) is 0. The Bertz CT molecular complexity index is 240. The molecule has 11 heavy (non-hydrogen) atoms. The van der Waals surface area contributed by atoms with Gasteiger partial charge in [0.05, 0.1) is 0 Å². The van der Waals surface area contributed by atoms with Crippen LogP contribution < -0.4 is 0 Å². The fraction of sp³-hybridized carbons (Fsp3) is 0. The zero-order valence-corrected chi connectivity index (χ0v) is 9.58. The molecule has 0 aromatic carbocycles. The molecule has 0 bridgehead atoms. The summed E-state index contributed by atoms with van der Waals surface area (Å²) in [5, 5.41) is 14.3. The molecule has 0 amide bonds. The Morgan fingerprint density at radius 2 is 1.27 bits per heavy atom. The molecule has 2 aliphatic rings. The molecule has 50 valence electrons. The Kier molecular flexibility index (Phi) is 2.68. The summed E-state index contributed by atoms with van der Waals surface area (Å²) < 4.78 is 0. The maximum absolute atomic E-state index is 3.77. The van der Waals surface area contributed by atoms with Crippen LogP contribution in [0.4, 0.5) is 0 Å². The Hall–Kier alpha value is -0.798. The van der Waals surface area contributed by atoms with Gasteiger partial charge in [0.25, 0.3) is 0 Å². The largest absolute Gasteiger partial charge is 0.223 e. The second kappa shape index (κ2) is 3.55. The van der Waals surface area contributed by atoms with Gasteiger partial charge in [0.15, 0.2) is 0 Å². The van der Waals surface area contributed by atoms with Crippen molar-refractivity contribution in [2.45, 2.75) is 0 Å². The van der Waals surface area contributed by atoms with E-state index in [1.807, 2.05) is 0 Å². The van der Waals surface area contributed by atoms with E-state index in [2.05, 4.69) is 30.4 Å². The van der Waals surface area contributed by atoms with E-state index in [1.54, 1.807) is 0 Å². The van der Waals surface area contributed by atoms with E-state index >= 15 is 0 Å². The van der Waals surface area contributed by atoms with E-state index in [0.29, 0.717) is 11.6 Å². The summed E-state index contributed by atoms with van der Waals surface area (Å²) in [6.07, 6.45) is 2.68. The summed E-state index contributed by atoms with van der Waals surface area (Å²) in [6.45, 7) is 0. The Labute approximate surface area is 82.1 Å². The molecule has 0 aromatic rings. The van der Waals surface area contributed by atoms with Crippen LogP contribution in [0.1, 0.15) is 0 Å². The summed E-state index contributed by atoms with van der Waals surface area (Å²) in [5.74, 6) is 0.829. The molecule has 0 saturated carbocycles. The van der Waals surface area contributed by atoms with Gasteiger partial charge in [-0.25, -0.2) is 9.98 Å². The van der Waals surface area contributed by atoms with Gasteiger partial charge in [-0.1, -0.05) is 0 Å². The van der Waals surface area contributed by atoms with Gasteiger partial charge in [-0.2, -0.15) is 0 Å². The number of rotatable bonds is 0. The molecule has 0 aliphatic carbocycles. The molecule has 0 fully saturated rings. The molecule has 2 heterocycles. The van der Waals surface area contributed by atoms with E-state index < -0.39 is 0 Å². The quantitative estimate of drug-likeness (QED) is 0.574. The van der Waals surface area contributed by atoms with E-state index in [4.69, 9.17) is 0 Å². The molecular weight excluding hydrogens is 244 g/mol. The average molecular weight is 247 g/mol. The van der Waals surface area contributed by atoms with Crippen LogP contribution in [-0.2, 0) is 27.3 Å². The number of aliphatic imine (C=N–C) groups is 2. The van der Waals surface area contributed by atoms with Crippen molar-refractivity contribution in [2.75, 3.05) is 0 Å². The Balaban J connectivity index is 0.000000605. The SMILES string of the molecule is C1=NC(=C2N=CN=N2)N=N1.[Cd]. The van der Waals surface area contributed by atoms with Crippen molar-refractivity contribution in [1.82, 2.24) is 0 Å². The maximum atomic E-state index is 3.77. The third-order valence-electron chi connectivity index (χ3n) is 0.968. The summed E-state index contributed by atoms with van der Waals surface area (Å²) in [4.78, 5) is 7.54. The van der Waals surface area contributed by atoms with Crippen molar-refractivity contribution < 1.29 is 27.3 Å². The van der Waals surface area contributed by atoms with Crippen LogP contribution in [0.15, 0.2) is 42.1 Å². The topological polar surface area (TPSA) is 74.2 Å². The molecule has 0 unspecified atom stereocenters. The van der Waals surface area contributed by atoms with Crippen molar-refractivity contribution in [2.24, 2.45) is 30.4 Å². The molecule has 0 spiro atoms. The second-order valence-electron chi connectivity index (χ2n) is 1.57. The molecule has 0 atom stereocenters. The Morgan fingerprint density at radius 1 is 0.818 bits per heavy atom. The first kappa shape index (κ1) is 8.30. The fourth-order valence-corrected chi connectivity index (χ4v) is 0.579. The smallest absolute Gasteiger partial charge is 0.210 e. The first-order valence-corrected chi connectivity index (χ1v) is 2.58. The third kappa shape index (κ3) is 1.61. The minimum Gasteiger partial charge on any atom is -0.210 e. The van der Waals surface area contributed by atoms with E-state index in [9.17, 15) is 0 Å². The normalized spacial score (nSPS) is 24.7. The molecule has 0 saturated heterocycles. The minimum absolute atomic E-state index is 0. The van der Waals surface area contributed by atoms with E-state index in [0.717, 1.165) is 0 Å². The predicted octanol–water partition coefficient (Wildman–Crippen LogP) is 1.10. The van der Waals surface area contributed by atoms with Gasteiger partial charge >= 0.3 is 0 Å². The second-order valence-corrected chi connectivity index (χ2v) is 1.57. The molecule has 0 radical (unpaired) electrons. The summed E-state index contributed by atoms with van der Waals surface area (Å²) >= 11 is 0. The molecule has 6 nitrogen and oxygen atoms in total. The van der Waals surface area contributed by atoms with Crippen LogP contribution in [0, 0.1) is 0 Å². The van der Waals surface area contributed by atoms with Crippen LogP contribution in [0.3, 0.4) is 0 Å². The molecular formula is C4H2CdN6. The van der Waals surface area contributed by atoms with Gasteiger partial charge in [0.2, 0.25) is 11.6 Å². The predicted molar refractivity (Wildman–Crippen MR) is 33.7 cm³/mol. The fourth-order valence-electron chi connectivity index (χ4n) is 0.579. The first-order chi connectivity index (χ1) is 4.97. The van der Waals surface area contributed by atoms with Crippen molar-refractivity contribution in [3.8, 4) is 0 Å². The zero-order valence-electron chi connectivity index (χ0n) is 5.55. The van der Waals surface area contributed by atoms with Gasteiger partial charge < -0.3 is 0 Å². The van der Waals surface area contributed by atoms with E-state index in [-0.39, 0.29) is 27.3 Å². The van der Waals surface area contributed by atoms with Crippen molar-refractivity contribution >= 4 is 12.7 Å². The Morgan fingerprint density at radius 3 is 1.55 bits per heavy atom. The molecule has 0 N–H and O–H groups in total. The summed E-state index contributed by atoms with van der Waals surface area (Å²) in [5.41, 5.74) is 0. The van der Waals surface area contributed by atoms with Gasteiger partial charge in [-0.3, -0.25) is 0 Å². The van der Waals surface area contributed by atoms with Crippen LogP contribution in [-0.4, -0.2) is 12.7 Å². The first-order valence-electron chi connectivity index (χ1n) is 2.58. The maximum Gasteiger partial charge on any atom is 0.223 e. The number of nitrogens with zero attached hydrogens (tertiary/aromatic N) is 6. The zero-order chi connectivity index (χ0) is 6.81. The molecule has 0 aromatic heterocycles. The van der Waals surface area contributed by atoms with Crippen LogP contribution in [0.5, 0.6) is 0 Å². The molecule has 7 heteroatoms. The number of hydrogen-bond acceptors (Lipinski definition) is 6. The number of hydrogen-bond donors (Lipinski definition) is 0. The summed E-state index contributed by atoms with van der Waals surface area (Å²) in [6, 6.07) is 0. The van der Waals surface area contributed by atoms with Crippen LogP contribution in [0.25, 0.3) is 0 Å². The van der Waals surface area contributed by atoms with Crippen molar-refractivity contribution in [3.05, 3.63) is 11.6 Å². The van der Waals surface area contributed by atoms with Crippen LogP contribution >= 0.6 is 0 Å². The van der Waals surface area contributed by atoms with Gasteiger partial charge in [-0.05, 0) is 0 Å². The standard InChI is InChI=1S/C4H2N6.Cd/c1-5-3(9-7-1)4-6-2-8-10-4;/h1-2H;. The van der Waals surface area contributed by atoms with Crippen molar-refractivity contribution in [3.63, 3.8) is 0 Å². The molecule has 2 rings (SSSR count). The third-order valence-corrected chi connectivity index (χ3v) is 0.968. The van der Waals surface area contributed by atoms with Gasteiger partial charge in [-0.15, -0.1) is 20.5 Å².